The second-order valence-corrected chi connectivity index (χ2v) is 6.63. The Bertz CT molecular complexity index is 1210. The van der Waals surface area contributed by atoms with Gasteiger partial charge in [0, 0.05) is 19.5 Å². The van der Waals surface area contributed by atoms with Crippen LogP contribution >= 0.6 is 12.2 Å². The van der Waals surface area contributed by atoms with Crippen LogP contribution in [0.4, 0.5) is 5.95 Å². The molecule has 6 nitrogen and oxygen atoms in total. The first-order valence-corrected chi connectivity index (χ1v) is 8.54. The maximum absolute atomic E-state index is 8.98. The van der Waals surface area contributed by atoms with E-state index in [0.29, 0.717) is 17.9 Å². The molecule has 2 aromatic heterocycles. The Morgan fingerprint density at radius 2 is 1.81 bits per heavy atom. The molecule has 2 heterocycles. The molecule has 0 spiro atoms. The minimum Gasteiger partial charge on any atom is -0.347 e. The number of anilines is 1. The van der Waals surface area contributed by atoms with Crippen molar-refractivity contribution in [1.29, 1.82) is 5.26 Å². The van der Waals surface area contributed by atoms with Crippen LogP contribution in [0.25, 0.3) is 16.7 Å². The summed E-state index contributed by atoms with van der Waals surface area (Å²) in [7, 11) is 3.88. The Labute approximate surface area is 155 Å². The minimum absolute atomic E-state index is 0.560. The molecule has 128 valence electrons. The van der Waals surface area contributed by atoms with Crippen LogP contribution in [0.2, 0.25) is 0 Å². The predicted octanol–water partition coefficient (Wildman–Crippen LogP) is 3.40. The third-order valence-corrected chi connectivity index (χ3v) is 4.75. The highest BCUT2D eigenvalue weighted by atomic mass is 32.1. The van der Waals surface area contributed by atoms with Gasteiger partial charge < -0.3 is 4.90 Å². The monoisotopic (exact) mass is 360 g/mol. The predicted molar refractivity (Wildman–Crippen MR) is 104 cm³/mol. The van der Waals surface area contributed by atoms with Crippen molar-refractivity contribution in [2.75, 3.05) is 19.0 Å². The van der Waals surface area contributed by atoms with Gasteiger partial charge in [0.05, 0.1) is 23.7 Å². The summed E-state index contributed by atoms with van der Waals surface area (Å²) in [4.78, 5) is 1.93. The van der Waals surface area contributed by atoms with Gasteiger partial charge >= 0.3 is 0 Å². The fourth-order valence-electron chi connectivity index (χ4n) is 3.04. The van der Waals surface area contributed by atoms with Crippen molar-refractivity contribution in [2.45, 2.75) is 6.54 Å². The molecule has 2 aromatic carbocycles. The van der Waals surface area contributed by atoms with Gasteiger partial charge in [-0.15, -0.1) is 10.2 Å². The zero-order valence-corrected chi connectivity index (χ0v) is 15.2. The highest BCUT2D eigenvalue weighted by molar-refractivity contribution is 7.71. The number of rotatable bonds is 3. The topological polar surface area (TPSA) is 62.2 Å². The summed E-state index contributed by atoms with van der Waals surface area (Å²) >= 11 is 5.76. The van der Waals surface area contributed by atoms with E-state index in [1.54, 1.807) is 0 Å². The van der Waals surface area contributed by atoms with Crippen molar-refractivity contribution in [1.82, 2.24) is 19.2 Å². The number of hydrogen-bond acceptors (Lipinski definition) is 5. The highest BCUT2D eigenvalue weighted by Crippen LogP contribution is 2.23. The molecule has 4 aromatic rings. The van der Waals surface area contributed by atoms with Gasteiger partial charge in [-0.3, -0.25) is 4.57 Å². The summed E-state index contributed by atoms with van der Waals surface area (Å²) in [6, 6.07) is 17.7. The fraction of sp³-hybridized carbons (Fsp3) is 0.158. The van der Waals surface area contributed by atoms with Crippen LogP contribution in [-0.2, 0) is 6.54 Å². The van der Waals surface area contributed by atoms with Crippen LogP contribution in [-0.4, -0.2) is 33.3 Å². The molecule has 0 aliphatic carbocycles. The smallest absolute Gasteiger partial charge is 0.238 e. The maximum Gasteiger partial charge on any atom is 0.238 e. The number of aromatic nitrogens is 4. The number of fused-ring (bicyclic) bond motifs is 3. The second kappa shape index (κ2) is 6.24. The van der Waals surface area contributed by atoms with Crippen LogP contribution in [0.3, 0.4) is 0 Å². The zero-order valence-electron chi connectivity index (χ0n) is 14.4. The van der Waals surface area contributed by atoms with Gasteiger partial charge in [-0.25, -0.2) is 4.40 Å². The molecule has 0 bridgehead atoms. The lowest BCUT2D eigenvalue weighted by Crippen LogP contribution is -2.14. The highest BCUT2D eigenvalue weighted by Gasteiger charge is 2.16. The summed E-state index contributed by atoms with van der Waals surface area (Å²) in [5.74, 6) is 1.45. The first-order chi connectivity index (χ1) is 12.6. The third kappa shape index (κ3) is 2.52. The number of nitrogens with zero attached hydrogens (tertiary/aromatic N) is 6. The van der Waals surface area contributed by atoms with Crippen molar-refractivity contribution in [3.8, 4) is 6.07 Å². The van der Waals surface area contributed by atoms with Crippen LogP contribution in [0, 0.1) is 16.0 Å². The summed E-state index contributed by atoms with van der Waals surface area (Å²) in [6.07, 6.45) is 0. The van der Waals surface area contributed by atoms with Crippen LogP contribution in [0.1, 0.15) is 11.1 Å². The van der Waals surface area contributed by atoms with E-state index in [9.17, 15) is 0 Å². The molecule has 0 aliphatic rings. The van der Waals surface area contributed by atoms with E-state index < -0.39 is 0 Å². The van der Waals surface area contributed by atoms with Crippen molar-refractivity contribution in [3.05, 3.63) is 64.3 Å². The Balaban J connectivity index is 1.99. The molecule has 0 radical (unpaired) electrons. The summed E-state index contributed by atoms with van der Waals surface area (Å²) < 4.78 is 4.73. The van der Waals surface area contributed by atoms with E-state index in [-0.39, 0.29) is 0 Å². The van der Waals surface area contributed by atoms with Crippen molar-refractivity contribution >= 4 is 34.8 Å². The van der Waals surface area contributed by atoms with Gasteiger partial charge in [0.1, 0.15) is 4.64 Å². The normalized spacial score (nSPS) is 11.0. The standard InChI is InChI=1S/C19H16N6S/c1-23(2)18-21-22-19-24(12-14-9-7-13(11-20)8-10-14)17(26)15-5-3-4-6-16(15)25(18)19/h3-10H,12H2,1-2H3. The van der Waals surface area contributed by atoms with Gasteiger partial charge in [0.15, 0.2) is 0 Å². The van der Waals surface area contributed by atoms with Crippen molar-refractivity contribution in [2.24, 2.45) is 0 Å². The molecule has 0 amide bonds. The largest absolute Gasteiger partial charge is 0.347 e. The average Bonchev–Trinajstić information content (AvgIpc) is 3.11. The first kappa shape index (κ1) is 16.2. The summed E-state index contributed by atoms with van der Waals surface area (Å²) in [6.45, 7) is 0.560. The van der Waals surface area contributed by atoms with E-state index in [0.717, 1.165) is 27.1 Å². The lowest BCUT2D eigenvalue weighted by Gasteiger charge is -2.15. The lowest BCUT2D eigenvalue weighted by atomic mass is 10.1. The van der Waals surface area contributed by atoms with Crippen molar-refractivity contribution in [3.63, 3.8) is 0 Å². The first-order valence-electron chi connectivity index (χ1n) is 8.13. The molecule has 0 saturated carbocycles. The van der Waals surface area contributed by atoms with Gasteiger partial charge in [0.2, 0.25) is 11.7 Å². The molecule has 26 heavy (non-hydrogen) atoms. The SMILES string of the molecule is CN(C)c1nnc2n(Cc3ccc(C#N)cc3)c(=S)c3ccccc3n12. The quantitative estimate of drug-likeness (QED) is 0.524. The lowest BCUT2D eigenvalue weighted by molar-refractivity contribution is 0.783. The molecule has 0 aliphatic heterocycles. The van der Waals surface area contributed by atoms with E-state index in [1.807, 2.05) is 76.5 Å². The fourth-order valence-corrected chi connectivity index (χ4v) is 3.36. The van der Waals surface area contributed by atoms with E-state index in [4.69, 9.17) is 17.5 Å². The summed E-state index contributed by atoms with van der Waals surface area (Å²) in [5, 5.41) is 18.7. The molecular formula is C19H16N6S. The van der Waals surface area contributed by atoms with Crippen molar-refractivity contribution < 1.29 is 0 Å². The molecular weight excluding hydrogens is 344 g/mol. The molecule has 0 fully saturated rings. The van der Waals surface area contributed by atoms with Gasteiger partial charge in [-0.05, 0) is 29.8 Å². The zero-order chi connectivity index (χ0) is 18.3. The van der Waals surface area contributed by atoms with Gasteiger partial charge in [-0.2, -0.15) is 5.26 Å². The Morgan fingerprint density at radius 3 is 2.50 bits per heavy atom. The molecule has 7 heteroatoms. The van der Waals surface area contributed by atoms with Gasteiger partial charge in [-0.1, -0.05) is 36.5 Å². The van der Waals surface area contributed by atoms with Crippen LogP contribution < -0.4 is 4.90 Å². The average molecular weight is 360 g/mol. The van der Waals surface area contributed by atoms with E-state index >= 15 is 0 Å². The maximum atomic E-state index is 8.98. The number of nitriles is 1. The number of benzene rings is 2. The summed E-state index contributed by atoms with van der Waals surface area (Å²) in [5.41, 5.74) is 2.67. The minimum atomic E-state index is 0.560. The van der Waals surface area contributed by atoms with E-state index in [1.165, 1.54) is 0 Å². The molecule has 0 atom stereocenters. The number of para-hydroxylation sites is 1. The Morgan fingerprint density at radius 1 is 1.08 bits per heavy atom. The van der Waals surface area contributed by atoms with E-state index in [2.05, 4.69) is 16.3 Å². The molecule has 0 N–H and O–H groups in total. The van der Waals surface area contributed by atoms with Gasteiger partial charge in [0.25, 0.3) is 0 Å². The molecule has 0 unspecified atom stereocenters. The Hall–Kier alpha value is -3.24. The second-order valence-electron chi connectivity index (χ2n) is 6.25. The van der Waals surface area contributed by atoms with Crippen LogP contribution in [0.5, 0.6) is 0 Å². The van der Waals surface area contributed by atoms with Crippen LogP contribution in [0.15, 0.2) is 48.5 Å². The Kier molecular flexibility index (Phi) is 3.90. The molecule has 4 rings (SSSR count). The third-order valence-electron chi connectivity index (χ3n) is 4.31. The number of hydrogen-bond donors (Lipinski definition) is 0. The molecule has 0 saturated heterocycles.